The molecule has 0 atom stereocenters. The Hall–Kier alpha value is -3.11. The lowest BCUT2D eigenvalue weighted by Crippen LogP contribution is -2.28. The number of rotatable bonds is 7. The van der Waals surface area contributed by atoms with Gasteiger partial charge < -0.3 is 10.1 Å². The minimum absolute atomic E-state index is 0.0645. The van der Waals surface area contributed by atoms with Crippen LogP contribution in [-0.4, -0.2) is 36.0 Å². The highest BCUT2D eigenvalue weighted by Gasteiger charge is 2.24. The first-order valence-electron chi connectivity index (χ1n) is 8.05. The third-order valence-corrected chi connectivity index (χ3v) is 3.62. The summed E-state index contributed by atoms with van der Waals surface area (Å²) in [7, 11) is 1.19. The number of ether oxygens (including phenoxy) is 1. The topological polar surface area (TPSA) is 88.1 Å². The summed E-state index contributed by atoms with van der Waals surface area (Å²) in [5.41, 5.74) is -1.17. The van der Waals surface area contributed by atoms with Crippen LogP contribution < -0.4 is 5.32 Å². The minimum atomic E-state index is -1.45. The Morgan fingerprint density at radius 2 is 1.86 bits per heavy atom. The van der Waals surface area contributed by atoms with Gasteiger partial charge in [-0.1, -0.05) is 11.3 Å². The smallest absolute Gasteiger partial charge is 0.309 e. The van der Waals surface area contributed by atoms with Crippen LogP contribution in [0.2, 0.25) is 0 Å². The van der Waals surface area contributed by atoms with E-state index in [1.807, 2.05) is 0 Å². The normalized spacial score (nSPS) is 10.5. The Bertz CT molecular complexity index is 892. The zero-order chi connectivity index (χ0) is 20.8. The molecule has 0 bridgehead atoms. The number of carbonyl (C=O) groups is 2. The van der Waals surface area contributed by atoms with Crippen LogP contribution in [0.5, 0.6) is 0 Å². The fourth-order valence-electron chi connectivity index (χ4n) is 2.28. The van der Waals surface area contributed by atoms with E-state index in [2.05, 4.69) is 14.9 Å². The molecule has 10 heteroatoms. The van der Waals surface area contributed by atoms with Crippen molar-refractivity contribution in [1.29, 1.82) is 0 Å². The monoisotopic (exact) mass is 398 g/mol. The van der Waals surface area contributed by atoms with Crippen molar-refractivity contribution in [3.05, 3.63) is 58.9 Å². The van der Waals surface area contributed by atoms with E-state index in [1.165, 1.54) is 26.2 Å². The first kappa shape index (κ1) is 21.2. The van der Waals surface area contributed by atoms with Gasteiger partial charge >= 0.3 is 11.9 Å². The highest BCUT2D eigenvalue weighted by atomic mass is 19.2. The summed E-state index contributed by atoms with van der Waals surface area (Å²) in [6, 6.07) is 5.17. The molecule has 0 radical (unpaired) electrons. The summed E-state index contributed by atoms with van der Waals surface area (Å²) >= 11 is 0. The van der Waals surface area contributed by atoms with Crippen LogP contribution >= 0.6 is 0 Å². The van der Waals surface area contributed by atoms with E-state index >= 15 is 0 Å². The van der Waals surface area contributed by atoms with Gasteiger partial charge in [0.15, 0.2) is 11.6 Å². The number of methoxy groups -OCH3 is 1. The average molecular weight is 398 g/mol. The predicted octanol–water partition coefficient (Wildman–Crippen LogP) is 3.35. The van der Waals surface area contributed by atoms with E-state index in [4.69, 9.17) is 0 Å². The van der Waals surface area contributed by atoms with Crippen molar-refractivity contribution >= 4 is 23.3 Å². The van der Waals surface area contributed by atoms with Crippen LogP contribution in [0, 0.1) is 17.5 Å². The summed E-state index contributed by atoms with van der Waals surface area (Å²) in [5.74, 6) is -5.39. The molecule has 0 saturated carbocycles. The molecule has 2 aromatic carbocycles. The molecular weight excluding hydrogens is 381 g/mol. The van der Waals surface area contributed by atoms with Gasteiger partial charge in [-0.15, -0.1) is 0 Å². The van der Waals surface area contributed by atoms with Gasteiger partial charge in [0.05, 0.1) is 37.1 Å². The summed E-state index contributed by atoms with van der Waals surface area (Å²) in [6.07, 6.45) is -0.181. The largest absolute Gasteiger partial charge is 0.469 e. The molecule has 2 rings (SSSR count). The molecule has 150 valence electrons. The van der Waals surface area contributed by atoms with Crippen molar-refractivity contribution in [2.24, 2.45) is 0 Å². The summed E-state index contributed by atoms with van der Waals surface area (Å²) in [6.45, 7) is 1.43. The average Bonchev–Trinajstić information content (AvgIpc) is 2.67. The maximum Gasteiger partial charge on any atom is 0.309 e. The third kappa shape index (κ3) is 4.78. The van der Waals surface area contributed by atoms with Crippen molar-refractivity contribution in [2.45, 2.75) is 13.3 Å². The van der Waals surface area contributed by atoms with E-state index in [1.54, 1.807) is 0 Å². The quantitative estimate of drug-likeness (QED) is 0.423. The molecule has 0 unspecified atom stereocenters. The Morgan fingerprint density at radius 1 is 1.14 bits per heavy atom. The molecule has 0 aliphatic rings. The fourth-order valence-corrected chi connectivity index (χ4v) is 2.28. The maximum absolute atomic E-state index is 14.3. The van der Waals surface area contributed by atoms with Crippen molar-refractivity contribution < 1.29 is 37.5 Å². The van der Waals surface area contributed by atoms with E-state index in [9.17, 15) is 28.0 Å². The number of esters is 1. The lowest BCUT2D eigenvalue weighted by Gasteiger charge is -2.17. The first-order chi connectivity index (χ1) is 13.3. The number of nitrogens with one attached hydrogen (secondary N) is 1. The van der Waals surface area contributed by atoms with Crippen LogP contribution in [0.4, 0.5) is 24.5 Å². The zero-order valence-corrected chi connectivity index (χ0v) is 15.0. The zero-order valence-electron chi connectivity index (χ0n) is 15.0. The summed E-state index contributed by atoms with van der Waals surface area (Å²) in [5, 5.41) is 11.7. The van der Waals surface area contributed by atoms with E-state index in [-0.39, 0.29) is 23.9 Å². The molecular formula is C18H17F3N2O5. The second kappa shape index (κ2) is 9.20. The molecule has 2 aromatic rings. The van der Waals surface area contributed by atoms with Gasteiger partial charge in [-0.2, -0.15) is 0 Å². The SMILES string of the molecule is CCON(O)C(=O)c1ccc(F)c(F)c1Nc1ccc(CC(=O)OC)cc1F. The number of hydroxylamine groups is 2. The number of halogens is 3. The Kier molecular flexibility index (Phi) is 6.96. The number of anilines is 2. The number of hydrogen-bond acceptors (Lipinski definition) is 6. The number of carbonyl (C=O) groups excluding carboxylic acids is 2. The van der Waals surface area contributed by atoms with Gasteiger partial charge in [-0.3, -0.25) is 14.8 Å². The minimum Gasteiger partial charge on any atom is -0.469 e. The van der Waals surface area contributed by atoms with E-state index in [0.29, 0.717) is 11.6 Å². The van der Waals surface area contributed by atoms with Crippen LogP contribution in [0.25, 0.3) is 0 Å². The van der Waals surface area contributed by atoms with Crippen LogP contribution in [0.15, 0.2) is 30.3 Å². The van der Waals surface area contributed by atoms with Crippen molar-refractivity contribution in [3.8, 4) is 0 Å². The lowest BCUT2D eigenvalue weighted by atomic mass is 10.1. The summed E-state index contributed by atoms with van der Waals surface area (Å²) in [4.78, 5) is 28.0. The fraction of sp³-hybridized carbons (Fsp3) is 0.222. The van der Waals surface area contributed by atoms with Gasteiger partial charge in [-0.05, 0) is 36.8 Å². The maximum atomic E-state index is 14.3. The summed E-state index contributed by atoms with van der Waals surface area (Å²) < 4.78 is 46.7. The van der Waals surface area contributed by atoms with Gasteiger partial charge in [-0.25, -0.2) is 18.0 Å². The van der Waals surface area contributed by atoms with Crippen LogP contribution in [-0.2, 0) is 20.8 Å². The molecule has 0 fully saturated rings. The van der Waals surface area contributed by atoms with Crippen molar-refractivity contribution in [3.63, 3.8) is 0 Å². The highest BCUT2D eigenvalue weighted by molar-refractivity contribution is 5.99. The Labute approximate surface area is 158 Å². The highest BCUT2D eigenvalue weighted by Crippen LogP contribution is 2.29. The Morgan fingerprint density at radius 3 is 2.46 bits per heavy atom. The molecule has 1 amide bonds. The second-order valence-corrected chi connectivity index (χ2v) is 5.47. The predicted molar refractivity (Wildman–Crippen MR) is 91.3 cm³/mol. The lowest BCUT2D eigenvalue weighted by molar-refractivity contribution is -0.294. The number of nitrogens with zero attached hydrogens (tertiary/aromatic N) is 1. The molecule has 7 nitrogen and oxygen atoms in total. The Balaban J connectivity index is 2.39. The molecule has 0 aliphatic heterocycles. The van der Waals surface area contributed by atoms with E-state index < -0.39 is 40.6 Å². The molecule has 2 N–H and O–H groups in total. The number of benzene rings is 2. The van der Waals surface area contributed by atoms with Crippen LogP contribution in [0.1, 0.15) is 22.8 Å². The molecule has 0 aliphatic carbocycles. The van der Waals surface area contributed by atoms with Gasteiger partial charge in [0.25, 0.3) is 0 Å². The van der Waals surface area contributed by atoms with E-state index in [0.717, 1.165) is 12.1 Å². The third-order valence-electron chi connectivity index (χ3n) is 3.62. The van der Waals surface area contributed by atoms with Crippen molar-refractivity contribution in [1.82, 2.24) is 5.23 Å². The van der Waals surface area contributed by atoms with Gasteiger partial charge in [0.1, 0.15) is 5.82 Å². The first-order valence-corrected chi connectivity index (χ1v) is 8.05. The van der Waals surface area contributed by atoms with Gasteiger partial charge in [0, 0.05) is 0 Å². The molecule has 0 heterocycles. The molecule has 0 aromatic heterocycles. The van der Waals surface area contributed by atoms with Gasteiger partial charge in [0.2, 0.25) is 0 Å². The number of amides is 1. The molecule has 0 spiro atoms. The standard InChI is InChI=1S/C18H17F3N2O5/c1-3-28-23(26)18(25)11-5-6-12(19)16(21)17(11)22-14-7-4-10(8-13(14)20)9-15(24)27-2/h4-8,22,26H,3,9H2,1-2H3. The molecule has 28 heavy (non-hydrogen) atoms. The number of hydrogen-bond donors (Lipinski definition) is 2. The molecule has 0 saturated heterocycles. The van der Waals surface area contributed by atoms with Crippen molar-refractivity contribution in [2.75, 3.05) is 19.0 Å². The van der Waals surface area contributed by atoms with Crippen LogP contribution in [0.3, 0.4) is 0 Å². The second-order valence-electron chi connectivity index (χ2n) is 5.47.